The molecule has 0 spiro atoms. The molecule has 0 saturated heterocycles. The van der Waals surface area contributed by atoms with Crippen molar-refractivity contribution in [1.29, 1.82) is 0 Å². The Morgan fingerprint density at radius 3 is 2.53 bits per heavy atom. The van der Waals surface area contributed by atoms with Crippen molar-refractivity contribution in [2.24, 2.45) is 5.92 Å². The molecule has 0 aliphatic heterocycles. The molecule has 1 aliphatic carbocycles. The molecule has 0 amide bonds. The summed E-state index contributed by atoms with van der Waals surface area (Å²) in [4.78, 5) is 0. The smallest absolute Gasteiger partial charge is 0.126 e. The Hall–Kier alpha value is -0.890. The maximum absolute atomic E-state index is 13.5. The van der Waals surface area contributed by atoms with Crippen molar-refractivity contribution in [3.05, 3.63) is 35.1 Å². The first-order valence-electron chi connectivity index (χ1n) is 6.60. The summed E-state index contributed by atoms with van der Waals surface area (Å²) in [6, 6.07) is 6.28. The lowest BCUT2D eigenvalue weighted by molar-refractivity contribution is 0.229. The van der Waals surface area contributed by atoms with Crippen LogP contribution in [0.4, 0.5) is 4.39 Å². The Kier molecular flexibility index (Phi) is 3.82. The fourth-order valence-corrected chi connectivity index (χ4v) is 2.44. The number of rotatable bonds is 4. The van der Waals surface area contributed by atoms with Crippen molar-refractivity contribution < 1.29 is 4.39 Å². The molecule has 1 N–H and O–H groups in total. The van der Waals surface area contributed by atoms with E-state index in [4.69, 9.17) is 0 Å². The highest BCUT2D eigenvalue weighted by molar-refractivity contribution is 5.25. The summed E-state index contributed by atoms with van der Waals surface area (Å²) >= 11 is 0. The summed E-state index contributed by atoms with van der Waals surface area (Å²) in [5.41, 5.74) is 1.76. The molecular formula is C15H22FN. The monoisotopic (exact) mass is 235 g/mol. The molecular weight excluding hydrogens is 213 g/mol. The van der Waals surface area contributed by atoms with Gasteiger partial charge in [0.1, 0.15) is 5.82 Å². The molecule has 1 aromatic carbocycles. The minimum absolute atomic E-state index is 0.104. The van der Waals surface area contributed by atoms with Crippen molar-refractivity contribution in [1.82, 2.24) is 5.32 Å². The second kappa shape index (κ2) is 5.18. The predicted molar refractivity (Wildman–Crippen MR) is 69.5 cm³/mol. The second-order valence-electron chi connectivity index (χ2n) is 5.38. The Bertz CT molecular complexity index is 385. The maximum atomic E-state index is 13.5. The predicted octanol–water partition coefficient (Wildman–Crippen LogP) is 3.97. The van der Waals surface area contributed by atoms with Gasteiger partial charge in [-0.05, 0) is 56.7 Å². The zero-order valence-corrected chi connectivity index (χ0v) is 11.0. The summed E-state index contributed by atoms with van der Waals surface area (Å²) < 4.78 is 13.5. The van der Waals surface area contributed by atoms with Gasteiger partial charge in [-0.3, -0.25) is 0 Å². The molecule has 0 heterocycles. The molecule has 17 heavy (non-hydrogen) atoms. The zero-order valence-electron chi connectivity index (χ0n) is 11.0. The van der Waals surface area contributed by atoms with Crippen molar-refractivity contribution >= 4 is 0 Å². The number of benzene rings is 1. The van der Waals surface area contributed by atoms with E-state index in [1.807, 2.05) is 12.1 Å². The molecule has 2 atom stereocenters. The Labute approximate surface area is 103 Å². The molecule has 1 fully saturated rings. The van der Waals surface area contributed by atoms with E-state index in [9.17, 15) is 4.39 Å². The molecule has 94 valence electrons. The quantitative estimate of drug-likeness (QED) is 0.832. The van der Waals surface area contributed by atoms with Crippen molar-refractivity contribution in [2.75, 3.05) is 0 Å². The number of halogens is 1. The first kappa shape index (κ1) is 12.6. The van der Waals surface area contributed by atoms with Crippen LogP contribution in [0.25, 0.3) is 0 Å². The average molecular weight is 235 g/mol. The minimum Gasteiger partial charge on any atom is -0.307 e. The maximum Gasteiger partial charge on any atom is 0.126 e. The van der Waals surface area contributed by atoms with Crippen LogP contribution in [-0.4, -0.2) is 6.04 Å². The third-order valence-corrected chi connectivity index (χ3v) is 4.07. The van der Waals surface area contributed by atoms with E-state index < -0.39 is 0 Å². The number of aryl methyl sites for hydroxylation is 1. The van der Waals surface area contributed by atoms with Gasteiger partial charge in [0.2, 0.25) is 0 Å². The van der Waals surface area contributed by atoms with E-state index in [2.05, 4.69) is 19.2 Å². The molecule has 1 nitrogen and oxygen atoms in total. The van der Waals surface area contributed by atoms with Crippen molar-refractivity contribution in [3.63, 3.8) is 0 Å². The Morgan fingerprint density at radius 2 is 2.00 bits per heavy atom. The molecule has 2 heteroatoms. The van der Waals surface area contributed by atoms with Gasteiger partial charge in [0.25, 0.3) is 0 Å². The fraction of sp³-hybridized carbons (Fsp3) is 0.600. The van der Waals surface area contributed by atoms with Gasteiger partial charge in [-0.15, -0.1) is 0 Å². The highest BCUT2D eigenvalue weighted by Crippen LogP contribution is 2.30. The zero-order chi connectivity index (χ0) is 12.4. The standard InChI is InChI=1S/C15H22FN/c1-10-7-8-14(9-15(10)16)12(3)17-11(2)13-5-4-6-13/h7-9,11-13,17H,4-6H2,1-3H3. The molecule has 0 bridgehead atoms. The molecule has 2 unspecified atom stereocenters. The largest absolute Gasteiger partial charge is 0.307 e. The minimum atomic E-state index is -0.104. The highest BCUT2D eigenvalue weighted by atomic mass is 19.1. The van der Waals surface area contributed by atoms with E-state index in [-0.39, 0.29) is 11.9 Å². The van der Waals surface area contributed by atoms with Crippen LogP contribution < -0.4 is 5.32 Å². The second-order valence-corrected chi connectivity index (χ2v) is 5.38. The van der Waals surface area contributed by atoms with Crippen LogP contribution >= 0.6 is 0 Å². The van der Waals surface area contributed by atoms with Crippen LogP contribution in [0, 0.1) is 18.7 Å². The fourth-order valence-electron chi connectivity index (χ4n) is 2.44. The molecule has 1 saturated carbocycles. The van der Waals surface area contributed by atoms with Crippen LogP contribution in [-0.2, 0) is 0 Å². The van der Waals surface area contributed by atoms with Gasteiger partial charge >= 0.3 is 0 Å². The lowest BCUT2D eigenvalue weighted by atomic mass is 9.80. The van der Waals surface area contributed by atoms with Crippen LogP contribution in [0.5, 0.6) is 0 Å². The molecule has 1 aliphatic rings. The molecule has 0 aromatic heterocycles. The Balaban J connectivity index is 1.98. The van der Waals surface area contributed by atoms with Gasteiger partial charge in [0.15, 0.2) is 0 Å². The van der Waals surface area contributed by atoms with Crippen molar-refractivity contribution in [3.8, 4) is 0 Å². The summed E-state index contributed by atoms with van der Waals surface area (Å²) in [5.74, 6) is 0.709. The Morgan fingerprint density at radius 1 is 1.29 bits per heavy atom. The van der Waals surface area contributed by atoms with Crippen LogP contribution in [0.1, 0.15) is 50.3 Å². The number of nitrogens with one attached hydrogen (secondary N) is 1. The van der Waals surface area contributed by atoms with E-state index in [1.165, 1.54) is 19.3 Å². The summed E-state index contributed by atoms with van der Waals surface area (Å²) in [6.45, 7) is 6.15. The van der Waals surface area contributed by atoms with Gasteiger partial charge in [0, 0.05) is 12.1 Å². The third kappa shape index (κ3) is 2.86. The van der Waals surface area contributed by atoms with Crippen molar-refractivity contribution in [2.45, 2.75) is 52.1 Å². The lowest BCUT2D eigenvalue weighted by Crippen LogP contribution is -2.38. The number of hydrogen-bond acceptors (Lipinski definition) is 1. The van der Waals surface area contributed by atoms with E-state index >= 15 is 0 Å². The molecule has 1 aromatic rings. The SMILES string of the molecule is Cc1ccc(C(C)NC(C)C2CCC2)cc1F. The van der Waals surface area contributed by atoms with E-state index in [0.29, 0.717) is 11.6 Å². The van der Waals surface area contributed by atoms with Gasteiger partial charge in [-0.25, -0.2) is 4.39 Å². The summed E-state index contributed by atoms with van der Waals surface area (Å²) in [7, 11) is 0. The molecule has 0 radical (unpaired) electrons. The average Bonchev–Trinajstić information content (AvgIpc) is 2.19. The van der Waals surface area contributed by atoms with Crippen LogP contribution in [0.15, 0.2) is 18.2 Å². The normalized spacial score (nSPS) is 19.8. The van der Waals surface area contributed by atoms with Gasteiger partial charge in [-0.1, -0.05) is 18.6 Å². The molecule has 2 rings (SSSR count). The van der Waals surface area contributed by atoms with Crippen LogP contribution in [0.2, 0.25) is 0 Å². The lowest BCUT2D eigenvalue weighted by Gasteiger charge is -2.34. The van der Waals surface area contributed by atoms with E-state index in [1.54, 1.807) is 13.0 Å². The van der Waals surface area contributed by atoms with Gasteiger partial charge < -0.3 is 5.32 Å². The topological polar surface area (TPSA) is 12.0 Å². The van der Waals surface area contributed by atoms with E-state index in [0.717, 1.165) is 11.5 Å². The van der Waals surface area contributed by atoms with Crippen LogP contribution in [0.3, 0.4) is 0 Å². The third-order valence-electron chi connectivity index (χ3n) is 4.07. The summed E-state index contributed by atoms with van der Waals surface area (Å²) in [5, 5.41) is 3.58. The van der Waals surface area contributed by atoms with Gasteiger partial charge in [-0.2, -0.15) is 0 Å². The van der Waals surface area contributed by atoms with Gasteiger partial charge in [0.05, 0.1) is 0 Å². The highest BCUT2D eigenvalue weighted by Gasteiger charge is 2.24. The first-order valence-corrected chi connectivity index (χ1v) is 6.60. The first-order chi connectivity index (χ1) is 8.08. The summed E-state index contributed by atoms with van der Waals surface area (Å²) in [6.07, 6.45) is 4.04. The number of hydrogen-bond donors (Lipinski definition) is 1.